The molecule has 11 nitrogen and oxygen atoms in total. The summed E-state index contributed by atoms with van der Waals surface area (Å²) >= 11 is 0. The van der Waals surface area contributed by atoms with Gasteiger partial charge in [0.05, 0.1) is 5.69 Å². The summed E-state index contributed by atoms with van der Waals surface area (Å²) in [6.07, 6.45) is 1.14. The van der Waals surface area contributed by atoms with Crippen molar-refractivity contribution >= 4 is 23.6 Å². The molecule has 1 aromatic heterocycles. The van der Waals surface area contributed by atoms with Crippen molar-refractivity contribution < 1.29 is 22.7 Å². The van der Waals surface area contributed by atoms with Crippen LogP contribution in [0.15, 0.2) is 40.2 Å². The van der Waals surface area contributed by atoms with Crippen molar-refractivity contribution in [3.05, 3.63) is 46.4 Å². The number of rotatable bonds is 10. The van der Waals surface area contributed by atoms with Crippen molar-refractivity contribution in [2.45, 2.75) is 44.4 Å². The monoisotopic (exact) mass is 524 g/mol. The largest absolute Gasteiger partial charge is 0.573 e. The van der Waals surface area contributed by atoms with Gasteiger partial charge in [0.1, 0.15) is 0 Å². The Bertz CT molecular complexity index is 1130. The molecule has 202 valence electrons. The zero-order chi connectivity index (χ0) is 26.8. The van der Waals surface area contributed by atoms with E-state index in [0.29, 0.717) is 12.1 Å². The number of amides is 2. The average molecular weight is 525 g/mol. The van der Waals surface area contributed by atoms with Gasteiger partial charge in [0.2, 0.25) is 5.95 Å². The van der Waals surface area contributed by atoms with Crippen LogP contribution >= 0.6 is 0 Å². The molecule has 1 aliphatic rings. The number of carbonyl (C=O) groups excluding carboxylic acids is 1. The lowest BCUT2D eigenvalue weighted by Crippen LogP contribution is -2.35. The van der Waals surface area contributed by atoms with E-state index in [1.807, 2.05) is 0 Å². The number of urea groups is 1. The molecule has 14 heteroatoms. The van der Waals surface area contributed by atoms with Gasteiger partial charge in [-0.2, -0.15) is 0 Å². The molecule has 0 aliphatic carbocycles. The molecule has 1 saturated heterocycles. The summed E-state index contributed by atoms with van der Waals surface area (Å²) in [5.41, 5.74) is 10.6. The predicted molar refractivity (Wildman–Crippen MR) is 134 cm³/mol. The highest BCUT2D eigenvalue weighted by Crippen LogP contribution is 2.30. The molecule has 0 atom stereocenters. The molecule has 1 fully saturated rings. The van der Waals surface area contributed by atoms with Gasteiger partial charge in [0.15, 0.2) is 11.7 Å². The Kier molecular flexibility index (Phi) is 9.71. The fourth-order valence-corrected chi connectivity index (χ4v) is 4.10. The van der Waals surface area contributed by atoms with Crippen LogP contribution in [0.4, 0.5) is 29.6 Å². The third-order valence-electron chi connectivity index (χ3n) is 5.87. The first-order valence-corrected chi connectivity index (χ1v) is 11.9. The number of hydrogen-bond acceptors (Lipinski definition) is 6. The second-order valence-electron chi connectivity index (χ2n) is 8.62. The number of hydrogen-bond donors (Lipinski definition) is 5. The minimum Gasteiger partial charge on any atom is -0.404 e. The summed E-state index contributed by atoms with van der Waals surface area (Å²) in [7, 11) is 0. The molecule has 0 bridgehead atoms. The highest BCUT2D eigenvalue weighted by molar-refractivity contribution is 5.99. The molecule has 1 aromatic carbocycles. The fraction of sp³-hybridized carbons (Fsp3) is 0.478. The Labute approximate surface area is 211 Å². The molecule has 0 spiro atoms. The average Bonchev–Trinajstić information content (AvgIpc) is 2.82. The summed E-state index contributed by atoms with van der Waals surface area (Å²) in [6.45, 7) is 3.32. The van der Waals surface area contributed by atoms with Crippen molar-refractivity contribution in [1.82, 2.24) is 14.9 Å². The first-order valence-electron chi connectivity index (χ1n) is 11.9. The van der Waals surface area contributed by atoms with E-state index in [1.165, 1.54) is 24.4 Å². The van der Waals surface area contributed by atoms with E-state index in [2.05, 4.69) is 35.2 Å². The minimum atomic E-state index is -4.91. The highest BCUT2D eigenvalue weighted by atomic mass is 19.4. The number of aromatic nitrogens is 2. The van der Waals surface area contributed by atoms with Crippen LogP contribution in [0.1, 0.15) is 43.6 Å². The summed E-state index contributed by atoms with van der Waals surface area (Å²) < 4.78 is 41.6. The van der Waals surface area contributed by atoms with Gasteiger partial charge >= 0.3 is 12.4 Å². The van der Waals surface area contributed by atoms with Crippen LogP contribution in [0, 0.1) is 0 Å². The van der Waals surface area contributed by atoms with Crippen molar-refractivity contribution in [3.63, 3.8) is 0 Å². The number of nitrogens with one attached hydrogen (secondary N) is 3. The quantitative estimate of drug-likeness (QED) is 0.181. The molecule has 2 amide bonds. The lowest BCUT2D eigenvalue weighted by Gasteiger charge is -2.31. The molecule has 2 heterocycles. The summed E-state index contributed by atoms with van der Waals surface area (Å²) in [6, 6.07) is 4.20. The van der Waals surface area contributed by atoms with E-state index in [9.17, 15) is 22.8 Å². The first-order chi connectivity index (χ1) is 17.6. The van der Waals surface area contributed by atoms with Gasteiger partial charge in [0.25, 0.3) is 5.56 Å². The van der Waals surface area contributed by atoms with Gasteiger partial charge in [-0.05, 0) is 63.4 Å². The molecule has 0 saturated carbocycles. The van der Waals surface area contributed by atoms with Crippen LogP contribution < -0.4 is 32.4 Å². The predicted octanol–water partition coefficient (Wildman–Crippen LogP) is 2.94. The van der Waals surface area contributed by atoms with Gasteiger partial charge in [-0.25, -0.2) is 9.78 Å². The fourth-order valence-electron chi connectivity index (χ4n) is 4.10. The second-order valence-corrected chi connectivity index (χ2v) is 8.62. The summed E-state index contributed by atoms with van der Waals surface area (Å²) in [4.78, 5) is 37.9. The van der Waals surface area contributed by atoms with Gasteiger partial charge in [-0.15, -0.1) is 13.2 Å². The minimum absolute atomic E-state index is 0.0450. The maximum absolute atomic E-state index is 12.6. The first kappa shape index (κ1) is 27.8. The van der Waals surface area contributed by atoms with Crippen LogP contribution in [0.3, 0.4) is 0 Å². The molecular formula is C23H31F3N8O3. The van der Waals surface area contributed by atoms with Crippen molar-refractivity contribution in [2.75, 3.05) is 36.8 Å². The maximum atomic E-state index is 12.6. The van der Waals surface area contributed by atoms with E-state index >= 15 is 0 Å². The highest BCUT2D eigenvalue weighted by Gasteiger charge is 2.32. The van der Waals surface area contributed by atoms with Gasteiger partial charge in [0, 0.05) is 18.3 Å². The normalized spacial score (nSPS) is 14.7. The van der Waals surface area contributed by atoms with Crippen LogP contribution in [-0.2, 0) is 0 Å². The summed E-state index contributed by atoms with van der Waals surface area (Å²) in [5, 5.41) is 4.58. The molecule has 3 rings (SSSR count). The Hall–Kier alpha value is -3.81. The number of likely N-dealkylation sites (tertiary alicyclic amines) is 1. The van der Waals surface area contributed by atoms with Crippen molar-refractivity contribution in [2.24, 2.45) is 16.5 Å². The number of carbonyl (C=O) groups is 1. The molecule has 37 heavy (non-hydrogen) atoms. The number of para-hydroxylation sites is 2. The number of piperidine rings is 1. The van der Waals surface area contributed by atoms with Gasteiger partial charge in [-0.1, -0.05) is 18.6 Å². The van der Waals surface area contributed by atoms with Gasteiger partial charge in [-0.3, -0.25) is 20.1 Å². The number of anilines is 2. The number of unbranched alkanes of at least 4 members (excludes halogenated alkanes) is 2. The zero-order valence-electron chi connectivity index (χ0n) is 20.2. The molecule has 1 aliphatic heterocycles. The topological polar surface area (TPSA) is 164 Å². The van der Waals surface area contributed by atoms with Gasteiger partial charge < -0.3 is 26.4 Å². The smallest absolute Gasteiger partial charge is 0.404 e. The molecule has 0 radical (unpaired) electrons. The summed E-state index contributed by atoms with van der Waals surface area (Å²) in [5.74, 6) is -0.541. The number of benzene rings is 1. The number of aliphatic imine (C=N–C) groups is 1. The lowest BCUT2D eigenvalue weighted by molar-refractivity contribution is -0.274. The number of H-pyrrole nitrogens is 1. The lowest BCUT2D eigenvalue weighted by atomic mass is 9.91. The Morgan fingerprint density at radius 3 is 2.57 bits per heavy atom. The number of guanidine groups is 1. The number of nitrogens with zero attached hydrogens (tertiary/aromatic N) is 3. The number of alkyl halides is 3. The third-order valence-corrected chi connectivity index (χ3v) is 5.87. The van der Waals surface area contributed by atoms with E-state index in [-0.39, 0.29) is 29.1 Å². The number of halogens is 3. The Morgan fingerprint density at radius 2 is 1.89 bits per heavy atom. The molecule has 2 aromatic rings. The van der Waals surface area contributed by atoms with Crippen molar-refractivity contribution in [3.8, 4) is 5.75 Å². The number of ether oxygens (including phenoxy) is 1. The van der Waals surface area contributed by atoms with Crippen LogP contribution in [0.25, 0.3) is 0 Å². The SMILES string of the molecule is NC(N)=NCCCCCN1CCC(c2cnc(NC(=O)Nc3ccccc3OC(F)(F)F)[nH]c2=O)CC1. The molecule has 7 N–H and O–H groups in total. The maximum Gasteiger partial charge on any atom is 0.573 e. The van der Waals surface area contributed by atoms with E-state index < -0.39 is 18.1 Å². The third kappa shape index (κ3) is 9.29. The Balaban J connectivity index is 1.47. The second kappa shape index (κ2) is 12.9. The van der Waals surface area contributed by atoms with Crippen LogP contribution in [-0.4, -0.2) is 59.4 Å². The number of aromatic amines is 1. The van der Waals surface area contributed by atoms with E-state index in [0.717, 1.165) is 57.8 Å². The van der Waals surface area contributed by atoms with E-state index in [1.54, 1.807) is 0 Å². The van der Waals surface area contributed by atoms with Crippen LogP contribution in [0.2, 0.25) is 0 Å². The standard InChI is InChI=1S/C23H31F3N8O3/c24-23(25,26)37-18-7-3-2-6-17(18)31-22(36)33-21-30-14-16(19(35)32-21)15-8-12-34(13-9-15)11-5-1-4-10-29-20(27)28/h2-3,6-7,14-15H,1,4-5,8-13H2,(H4,27,28,29)(H3,30,31,32,33,35,36). The zero-order valence-corrected chi connectivity index (χ0v) is 20.2. The molecular weight excluding hydrogens is 493 g/mol. The molecule has 0 unspecified atom stereocenters. The Morgan fingerprint density at radius 1 is 1.16 bits per heavy atom. The number of nitrogens with two attached hydrogens (primary N) is 2. The van der Waals surface area contributed by atoms with E-state index in [4.69, 9.17) is 11.5 Å². The van der Waals surface area contributed by atoms with Crippen LogP contribution in [0.5, 0.6) is 5.75 Å². The van der Waals surface area contributed by atoms with Crippen molar-refractivity contribution in [1.29, 1.82) is 0 Å².